The fourth-order valence-corrected chi connectivity index (χ4v) is 3.53. The van der Waals surface area contributed by atoms with Crippen molar-refractivity contribution in [2.45, 2.75) is 32.7 Å². The highest BCUT2D eigenvalue weighted by atomic mass is 16.5. The summed E-state index contributed by atoms with van der Waals surface area (Å²) in [6.45, 7) is 6.13. The lowest BCUT2D eigenvalue weighted by Gasteiger charge is -2.27. The molecule has 1 N–H and O–H groups in total. The van der Waals surface area contributed by atoms with Gasteiger partial charge in [0.15, 0.2) is 0 Å². The summed E-state index contributed by atoms with van der Waals surface area (Å²) in [7, 11) is 1.83. The van der Waals surface area contributed by atoms with Crippen molar-refractivity contribution in [1.29, 1.82) is 0 Å². The molecule has 0 bridgehead atoms. The zero-order valence-electron chi connectivity index (χ0n) is 15.7. The predicted molar refractivity (Wildman–Crippen MR) is 101 cm³/mol. The van der Waals surface area contributed by atoms with E-state index in [4.69, 9.17) is 4.74 Å². The maximum atomic E-state index is 10.6. The molecule has 1 aliphatic heterocycles. The number of hydrogen-bond acceptors (Lipinski definition) is 5. The highest BCUT2D eigenvalue weighted by molar-refractivity contribution is 5.27. The van der Waals surface area contributed by atoms with Crippen molar-refractivity contribution in [2.24, 2.45) is 7.05 Å². The Balaban J connectivity index is 1.44. The maximum absolute atomic E-state index is 10.6. The second kappa shape index (κ2) is 7.54. The minimum Gasteiger partial charge on any atom is -0.494 e. The average Bonchev–Trinajstić information content (AvgIpc) is 3.29. The molecule has 4 rings (SSSR count). The molecule has 7 heteroatoms. The van der Waals surface area contributed by atoms with Gasteiger partial charge in [-0.15, -0.1) is 0 Å². The molecular weight excluding hydrogens is 342 g/mol. The van der Waals surface area contributed by atoms with Crippen molar-refractivity contribution in [3.05, 3.63) is 65.2 Å². The summed E-state index contributed by atoms with van der Waals surface area (Å²) in [5.74, 6) is 0.909. The molecule has 7 nitrogen and oxygen atoms in total. The number of nitrogens with zero attached hydrogens (tertiary/aromatic N) is 5. The van der Waals surface area contributed by atoms with Gasteiger partial charge in [0.2, 0.25) is 0 Å². The third-order valence-corrected chi connectivity index (χ3v) is 4.96. The predicted octanol–water partition coefficient (Wildman–Crippen LogP) is 2.11. The van der Waals surface area contributed by atoms with Crippen LogP contribution in [-0.4, -0.2) is 42.7 Å². The number of benzene rings is 1. The Kier molecular flexibility index (Phi) is 4.96. The highest BCUT2D eigenvalue weighted by Crippen LogP contribution is 2.24. The van der Waals surface area contributed by atoms with Gasteiger partial charge in [0, 0.05) is 32.9 Å². The van der Waals surface area contributed by atoms with Crippen LogP contribution in [-0.2, 0) is 26.7 Å². The van der Waals surface area contributed by atoms with E-state index >= 15 is 0 Å². The largest absolute Gasteiger partial charge is 0.494 e. The van der Waals surface area contributed by atoms with E-state index in [2.05, 4.69) is 27.2 Å². The molecule has 142 valence electrons. The number of aliphatic hydroxyl groups excluding tert-OH is 1. The molecule has 0 aliphatic carbocycles. The van der Waals surface area contributed by atoms with Crippen LogP contribution in [0.1, 0.15) is 35.7 Å². The normalized spacial score (nSPS) is 15.5. The van der Waals surface area contributed by atoms with Crippen LogP contribution in [0.4, 0.5) is 0 Å². The van der Waals surface area contributed by atoms with Crippen LogP contribution in [0, 0.1) is 0 Å². The van der Waals surface area contributed by atoms with Crippen molar-refractivity contribution >= 4 is 0 Å². The van der Waals surface area contributed by atoms with Gasteiger partial charge in [0.1, 0.15) is 11.9 Å². The van der Waals surface area contributed by atoms with Crippen LogP contribution in [0.3, 0.4) is 0 Å². The van der Waals surface area contributed by atoms with E-state index < -0.39 is 6.10 Å². The molecule has 3 aromatic rings. The van der Waals surface area contributed by atoms with Crippen LogP contribution in [0.2, 0.25) is 0 Å². The lowest BCUT2D eigenvalue weighted by Crippen LogP contribution is -2.33. The molecular formula is C20H25N5O2. The fourth-order valence-electron chi connectivity index (χ4n) is 3.53. The van der Waals surface area contributed by atoms with Crippen LogP contribution in [0.15, 0.2) is 42.6 Å². The summed E-state index contributed by atoms with van der Waals surface area (Å²) in [5, 5.41) is 19.3. The number of aromatic nitrogens is 4. The summed E-state index contributed by atoms with van der Waals surface area (Å²) < 4.78 is 9.19. The lowest BCUT2D eigenvalue weighted by atomic mass is 10.1. The standard InChI is InChI=1S/C20H25N5O2/c1-3-27-17-6-4-15(5-7-17)13-24-10-11-25-16(14-24)12-18(22-25)20(26)19-8-9-21-23(19)2/h4-9,12,20,26H,3,10-11,13-14H2,1-2H3. The molecule has 0 saturated heterocycles. The van der Waals surface area contributed by atoms with Gasteiger partial charge in [-0.25, -0.2) is 0 Å². The third kappa shape index (κ3) is 3.74. The first-order chi connectivity index (χ1) is 13.1. The van der Waals surface area contributed by atoms with Crippen molar-refractivity contribution in [2.75, 3.05) is 13.2 Å². The second-order valence-electron chi connectivity index (χ2n) is 6.85. The smallest absolute Gasteiger partial charge is 0.139 e. The van der Waals surface area contributed by atoms with Gasteiger partial charge in [-0.05, 0) is 36.8 Å². The average molecular weight is 367 g/mol. The topological polar surface area (TPSA) is 68.3 Å². The molecule has 0 amide bonds. The Labute approximate surface area is 158 Å². The number of hydrogen-bond donors (Lipinski definition) is 1. The summed E-state index contributed by atoms with van der Waals surface area (Å²) in [6.07, 6.45) is 0.933. The third-order valence-electron chi connectivity index (χ3n) is 4.96. The van der Waals surface area contributed by atoms with Gasteiger partial charge in [0.05, 0.1) is 30.2 Å². The van der Waals surface area contributed by atoms with Crippen LogP contribution in [0.25, 0.3) is 0 Å². The monoisotopic (exact) mass is 367 g/mol. The van der Waals surface area contributed by atoms with E-state index in [1.54, 1.807) is 10.9 Å². The first kappa shape index (κ1) is 17.8. The highest BCUT2D eigenvalue weighted by Gasteiger charge is 2.23. The molecule has 0 saturated carbocycles. The molecule has 1 unspecified atom stereocenters. The van der Waals surface area contributed by atoms with E-state index in [1.165, 1.54) is 5.56 Å². The molecule has 2 aromatic heterocycles. The van der Waals surface area contributed by atoms with Gasteiger partial charge in [-0.1, -0.05) is 12.1 Å². The second-order valence-corrected chi connectivity index (χ2v) is 6.85. The molecule has 1 atom stereocenters. The molecule has 27 heavy (non-hydrogen) atoms. The van der Waals surface area contributed by atoms with E-state index in [9.17, 15) is 5.11 Å². The first-order valence-corrected chi connectivity index (χ1v) is 9.30. The molecule has 1 aromatic carbocycles. The zero-order valence-corrected chi connectivity index (χ0v) is 15.7. The van der Waals surface area contributed by atoms with E-state index in [1.807, 2.05) is 42.9 Å². The molecule has 1 aliphatic rings. The first-order valence-electron chi connectivity index (χ1n) is 9.30. The SMILES string of the molecule is CCOc1ccc(CN2CCn3nc(C(O)c4ccnn4C)cc3C2)cc1. The summed E-state index contributed by atoms with van der Waals surface area (Å²) in [4.78, 5) is 2.40. The van der Waals surface area contributed by atoms with Gasteiger partial charge in [-0.3, -0.25) is 14.3 Å². The minimum absolute atomic E-state index is 0.677. The van der Waals surface area contributed by atoms with E-state index in [0.717, 1.165) is 43.3 Å². The van der Waals surface area contributed by atoms with Crippen molar-refractivity contribution in [1.82, 2.24) is 24.5 Å². The fraction of sp³-hybridized carbons (Fsp3) is 0.400. The molecule has 0 spiro atoms. The van der Waals surface area contributed by atoms with Crippen molar-refractivity contribution in [3.63, 3.8) is 0 Å². The Bertz CT molecular complexity index is 899. The van der Waals surface area contributed by atoms with Gasteiger partial charge < -0.3 is 9.84 Å². The quantitative estimate of drug-likeness (QED) is 0.723. The Morgan fingerprint density at radius 1 is 1.19 bits per heavy atom. The Hall–Kier alpha value is -2.64. The molecule has 3 heterocycles. The van der Waals surface area contributed by atoms with Gasteiger partial charge in [-0.2, -0.15) is 10.2 Å². The molecule has 0 radical (unpaired) electrons. The summed E-state index contributed by atoms with van der Waals surface area (Å²) >= 11 is 0. The van der Waals surface area contributed by atoms with Crippen molar-refractivity contribution < 1.29 is 9.84 Å². The number of rotatable bonds is 6. The Morgan fingerprint density at radius 3 is 2.70 bits per heavy atom. The Morgan fingerprint density at radius 2 is 2.00 bits per heavy atom. The minimum atomic E-state index is -0.754. The number of aliphatic hydroxyl groups is 1. The maximum Gasteiger partial charge on any atom is 0.139 e. The van der Waals surface area contributed by atoms with Crippen LogP contribution in [0.5, 0.6) is 5.75 Å². The summed E-state index contributed by atoms with van der Waals surface area (Å²) in [6, 6.07) is 12.1. The lowest BCUT2D eigenvalue weighted by molar-refractivity contribution is 0.196. The summed E-state index contributed by atoms with van der Waals surface area (Å²) in [5.41, 5.74) is 3.82. The number of aryl methyl sites for hydroxylation is 1. The van der Waals surface area contributed by atoms with Crippen LogP contribution >= 0.6 is 0 Å². The van der Waals surface area contributed by atoms with E-state index in [0.29, 0.717) is 12.3 Å². The zero-order chi connectivity index (χ0) is 18.8. The van der Waals surface area contributed by atoms with Crippen LogP contribution < -0.4 is 4.74 Å². The van der Waals surface area contributed by atoms with E-state index in [-0.39, 0.29) is 0 Å². The number of ether oxygens (including phenoxy) is 1. The molecule has 0 fully saturated rings. The van der Waals surface area contributed by atoms with Crippen molar-refractivity contribution in [3.8, 4) is 5.75 Å². The number of fused-ring (bicyclic) bond motifs is 1. The van der Waals surface area contributed by atoms with Gasteiger partial charge >= 0.3 is 0 Å². The van der Waals surface area contributed by atoms with Gasteiger partial charge in [0.25, 0.3) is 0 Å².